The van der Waals surface area contributed by atoms with Gasteiger partial charge in [0.05, 0.1) is 11.4 Å². The third-order valence-electron chi connectivity index (χ3n) is 4.06. The Hall–Kier alpha value is -2.74. The third kappa shape index (κ3) is 2.04. The minimum absolute atomic E-state index is 0.438. The molecular formula is C17H17N3O2. The molecule has 2 heterocycles. The predicted octanol–water partition coefficient (Wildman–Crippen LogP) is 3.67. The minimum atomic E-state index is -0.690. The Morgan fingerprint density at radius 3 is 2.68 bits per heavy atom. The summed E-state index contributed by atoms with van der Waals surface area (Å²) in [7, 11) is 1.88. The quantitative estimate of drug-likeness (QED) is 0.872. The van der Waals surface area contributed by atoms with Crippen LogP contribution in [0.25, 0.3) is 11.3 Å². The molecule has 112 valence electrons. The highest BCUT2D eigenvalue weighted by Crippen LogP contribution is 2.38. The van der Waals surface area contributed by atoms with E-state index in [1.807, 2.05) is 56.7 Å². The summed E-state index contributed by atoms with van der Waals surface area (Å²) < 4.78 is 7.25. The molecule has 0 bridgehead atoms. The molecule has 0 spiro atoms. The van der Waals surface area contributed by atoms with Crippen LogP contribution in [0.4, 0.5) is 10.5 Å². The van der Waals surface area contributed by atoms with Gasteiger partial charge < -0.3 is 9.30 Å². The Labute approximate surface area is 129 Å². The van der Waals surface area contributed by atoms with Crippen LogP contribution < -0.4 is 5.32 Å². The predicted molar refractivity (Wildman–Crippen MR) is 83.4 cm³/mol. The molecule has 2 aromatic rings. The summed E-state index contributed by atoms with van der Waals surface area (Å²) >= 11 is 0. The first-order chi connectivity index (χ1) is 10.3. The summed E-state index contributed by atoms with van der Waals surface area (Å²) in [5.41, 5.74) is 4.64. The number of nitrogens with one attached hydrogen (secondary N) is 1. The highest BCUT2D eigenvalue weighted by molar-refractivity contribution is 5.89. The maximum atomic E-state index is 11.6. The number of cyclic esters (lactones) is 1. The van der Waals surface area contributed by atoms with Gasteiger partial charge in [0.15, 0.2) is 0 Å². The number of nitriles is 1. The monoisotopic (exact) mass is 295 g/mol. The molecule has 1 aromatic carbocycles. The van der Waals surface area contributed by atoms with Gasteiger partial charge in [0.1, 0.15) is 17.4 Å². The van der Waals surface area contributed by atoms with Crippen molar-refractivity contribution in [3.63, 3.8) is 0 Å². The van der Waals surface area contributed by atoms with Crippen molar-refractivity contribution >= 4 is 11.8 Å². The molecule has 5 heteroatoms. The summed E-state index contributed by atoms with van der Waals surface area (Å²) in [4.78, 5) is 11.6. The first kappa shape index (κ1) is 14.2. The van der Waals surface area contributed by atoms with Gasteiger partial charge in [0, 0.05) is 12.6 Å². The third-order valence-corrected chi connectivity index (χ3v) is 4.06. The maximum Gasteiger partial charge on any atom is 0.412 e. The molecule has 0 saturated heterocycles. The average molecular weight is 295 g/mol. The summed E-state index contributed by atoms with van der Waals surface area (Å²) in [5.74, 6) is 0. The van der Waals surface area contributed by atoms with Crippen molar-refractivity contribution in [3.05, 3.63) is 41.1 Å². The molecule has 3 rings (SSSR count). The van der Waals surface area contributed by atoms with E-state index in [0.29, 0.717) is 5.69 Å². The van der Waals surface area contributed by atoms with Crippen molar-refractivity contribution in [2.45, 2.75) is 26.4 Å². The summed E-state index contributed by atoms with van der Waals surface area (Å²) in [6.45, 7) is 5.72. The zero-order valence-corrected chi connectivity index (χ0v) is 13.0. The topological polar surface area (TPSA) is 67.0 Å². The van der Waals surface area contributed by atoms with E-state index >= 15 is 0 Å². The van der Waals surface area contributed by atoms with Gasteiger partial charge in [-0.2, -0.15) is 5.26 Å². The number of hydrogen-bond acceptors (Lipinski definition) is 3. The van der Waals surface area contributed by atoms with Gasteiger partial charge in [0.25, 0.3) is 0 Å². The molecule has 1 N–H and O–H groups in total. The SMILES string of the molecule is Cc1cc(C#N)n(C)c1-c1ccc2c(c1)C(C)(C)OC(=O)N2. The van der Waals surface area contributed by atoms with Crippen molar-refractivity contribution in [2.75, 3.05) is 5.32 Å². The number of anilines is 1. The largest absolute Gasteiger partial charge is 0.438 e. The van der Waals surface area contributed by atoms with Crippen molar-refractivity contribution < 1.29 is 9.53 Å². The van der Waals surface area contributed by atoms with Crippen LogP contribution in [-0.4, -0.2) is 10.7 Å². The Morgan fingerprint density at radius 2 is 2.05 bits per heavy atom. The second kappa shape index (κ2) is 4.63. The van der Waals surface area contributed by atoms with Gasteiger partial charge in [-0.1, -0.05) is 6.07 Å². The lowest BCUT2D eigenvalue weighted by atomic mass is 9.92. The van der Waals surface area contributed by atoms with Crippen LogP contribution in [0.2, 0.25) is 0 Å². The van der Waals surface area contributed by atoms with E-state index in [0.717, 1.165) is 28.1 Å². The molecule has 0 saturated carbocycles. The number of aromatic nitrogens is 1. The minimum Gasteiger partial charge on any atom is -0.438 e. The van der Waals surface area contributed by atoms with E-state index in [4.69, 9.17) is 10.00 Å². The van der Waals surface area contributed by atoms with Crippen molar-refractivity contribution in [1.82, 2.24) is 4.57 Å². The lowest BCUT2D eigenvalue weighted by Gasteiger charge is -2.32. The molecular weight excluding hydrogens is 278 g/mol. The maximum absolute atomic E-state index is 11.6. The van der Waals surface area contributed by atoms with Crippen LogP contribution in [0.1, 0.15) is 30.7 Å². The van der Waals surface area contributed by atoms with E-state index in [9.17, 15) is 4.79 Å². The van der Waals surface area contributed by atoms with E-state index in [1.54, 1.807) is 0 Å². The second-order valence-corrected chi connectivity index (χ2v) is 6.02. The lowest BCUT2D eigenvalue weighted by Crippen LogP contribution is -2.34. The molecule has 1 aromatic heterocycles. The number of amides is 1. The number of fused-ring (bicyclic) bond motifs is 1. The van der Waals surface area contributed by atoms with Gasteiger partial charge in [-0.05, 0) is 50.1 Å². The van der Waals surface area contributed by atoms with Gasteiger partial charge >= 0.3 is 6.09 Å². The average Bonchev–Trinajstić information content (AvgIpc) is 2.72. The number of hydrogen-bond donors (Lipinski definition) is 1. The molecule has 0 unspecified atom stereocenters. The molecule has 1 amide bonds. The zero-order chi connectivity index (χ0) is 16.1. The molecule has 0 atom stereocenters. The number of rotatable bonds is 1. The van der Waals surface area contributed by atoms with Crippen LogP contribution in [-0.2, 0) is 17.4 Å². The Bertz CT molecular complexity index is 825. The number of benzene rings is 1. The fourth-order valence-electron chi connectivity index (χ4n) is 3.00. The fraction of sp³-hybridized carbons (Fsp3) is 0.294. The number of nitrogens with zero attached hydrogens (tertiary/aromatic N) is 2. The summed E-state index contributed by atoms with van der Waals surface area (Å²) in [6.07, 6.45) is -0.438. The van der Waals surface area contributed by atoms with Gasteiger partial charge in [-0.25, -0.2) is 4.79 Å². The second-order valence-electron chi connectivity index (χ2n) is 6.02. The summed E-state index contributed by atoms with van der Waals surface area (Å²) in [6, 6.07) is 9.91. The molecule has 5 nitrogen and oxygen atoms in total. The molecule has 1 aliphatic heterocycles. The van der Waals surface area contributed by atoms with Crippen molar-refractivity contribution in [3.8, 4) is 17.3 Å². The number of aryl methyl sites for hydroxylation is 1. The Morgan fingerprint density at radius 1 is 1.32 bits per heavy atom. The first-order valence-corrected chi connectivity index (χ1v) is 7.05. The smallest absolute Gasteiger partial charge is 0.412 e. The van der Waals surface area contributed by atoms with Crippen LogP contribution in [0.5, 0.6) is 0 Å². The van der Waals surface area contributed by atoms with E-state index in [-0.39, 0.29) is 0 Å². The lowest BCUT2D eigenvalue weighted by molar-refractivity contribution is 0.0421. The van der Waals surface area contributed by atoms with Crippen LogP contribution in [0.3, 0.4) is 0 Å². The highest BCUT2D eigenvalue weighted by Gasteiger charge is 2.33. The fourth-order valence-corrected chi connectivity index (χ4v) is 3.00. The molecule has 0 radical (unpaired) electrons. The van der Waals surface area contributed by atoms with Crippen LogP contribution in [0, 0.1) is 18.3 Å². The van der Waals surface area contributed by atoms with Crippen molar-refractivity contribution in [1.29, 1.82) is 5.26 Å². The van der Waals surface area contributed by atoms with Gasteiger partial charge in [0.2, 0.25) is 0 Å². The molecule has 0 fully saturated rings. The Balaban J connectivity index is 2.19. The number of carbonyl (C=O) groups is 1. The summed E-state index contributed by atoms with van der Waals surface area (Å²) in [5, 5.41) is 11.9. The molecule has 22 heavy (non-hydrogen) atoms. The zero-order valence-electron chi connectivity index (χ0n) is 13.0. The van der Waals surface area contributed by atoms with Crippen LogP contribution in [0.15, 0.2) is 24.3 Å². The first-order valence-electron chi connectivity index (χ1n) is 7.05. The number of carbonyl (C=O) groups excluding carboxylic acids is 1. The molecule has 0 aliphatic carbocycles. The van der Waals surface area contributed by atoms with E-state index < -0.39 is 11.7 Å². The Kier molecular flexibility index (Phi) is 2.99. The van der Waals surface area contributed by atoms with E-state index in [2.05, 4.69) is 11.4 Å². The number of ether oxygens (including phenoxy) is 1. The van der Waals surface area contributed by atoms with Gasteiger partial charge in [-0.3, -0.25) is 5.32 Å². The van der Waals surface area contributed by atoms with E-state index in [1.165, 1.54) is 0 Å². The van der Waals surface area contributed by atoms with Crippen LogP contribution >= 0.6 is 0 Å². The normalized spacial score (nSPS) is 15.5. The van der Waals surface area contributed by atoms with Gasteiger partial charge in [-0.15, -0.1) is 0 Å². The highest BCUT2D eigenvalue weighted by atomic mass is 16.6. The van der Waals surface area contributed by atoms with Crippen molar-refractivity contribution in [2.24, 2.45) is 7.05 Å². The standard InChI is InChI=1S/C17H17N3O2/c1-10-7-12(9-18)20(4)15(10)11-5-6-14-13(8-11)17(2,3)22-16(21)19-14/h5-8H,1-4H3,(H,19,21). The molecule has 1 aliphatic rings.